The molecule has 0 aromatic heterocycles. The second kappa shape index (κ2) is 3.38. The summed E-state index contributed by atoms with van der Waals surface area (Å²) in [5, 5.41) is 9.72. The molecule has 3 unspecified atom stereocenters. The maximum atomic E-state index is 9.72. The average molecular weight is 208 g/mol. The van der Waals surface area contributed by atoms with Crippen molar-refractivity contribution in [3.8, 4) is 0 Å². The Labute approximate surface area is 92.5 Å². The van der Waals surface area contributed by atoms with Crippen LogP contribution in [0.25, 0.3) is 0 Å². The van der Waals surface area contributed by atoms with Crippen LogP contribution in [0.15, 0.2) is 23.5 Å². The zero-order valence-corrected chi connectivity index (χ0v) is 10.2. The lowest BCUT2D eigenvalue weighted by Crippen LogP contribution is -2.53. The zero-order valence-electron chi connectivity index (χ0n) is 10.2. The van der Waals surface area contributed by atoms with Crippen molar-refractivity contribution in [1.29, 1.82) is 0 Å². The highest BCUT2D eigenvalue weighted by Gasteiger charge is 2.46. The summed E-state index contributed by atoms with van der Waals surface area (Å²) in [7, 11) is 2.34. The molecule has 15 heavy (non-hydrogen) atoms. The molecule has 0 spiro atoms. The Hall–Kier alpha value is -0.760. The van der Waals surface area contributed by atoms with Crippen LogP contribution in [0.4, 0.5) is 0 Å². The van der Waals surface area contributed by atoms with Crippen LogP contribution in [-0.2, 0) is 0 Å². The van der Waals surface area contributed by atoms with E-state index in [1.165, 1.54) is 13.0 Å². The second-order valence-corrected chi connectivity index (χ2v) is 5.51. The number of aliphatic hydroxyl groups excluding tert-OH is 1. The van der Waals surface area contributed by atoms with Gasteiger partial charge in [0.25, 0.3) is 0 Å². The predicted molar refractivity (Wildman–Crippen MR) is 62.6 cm³/mol. The van der Waals surface area contributed by atoms with E-state index < -0.39 is 0 Å². The summed E-state index contributed by atoms with van der Waals surface area (Å²) in [5.74, 6) is 1.04. The molecule has 2 rings (SSSR count). The summed E-state index contributed by atoms with van der Waals surface area (Å²) >= 11 is 0. The first-order valence-corrected chi connectivity index (χ1v) is 5.89. The molecular weight excluding hydrogens is 186 g/mol. The minimum Gasteiger partial charge on any atom is -0.508 e. The molecule has 2 aliphatic rings. The van der Waals surface area contributed by atoms with Gasteiger partial charge in [-0.25, -0.2) is 0 Å². The standard InChI is InChI=1S/C13H21NO/c1-9(2)14(4)6-5-11-8-13(15)10(3)7-12(11)14/h7-9,11-12H,5-6H2,1-4H3/p+1. The van der Waals surface area contributed by atoms with Gasteiger partial charge in [-0.1, -0.05) is 0 Å². The molecule has 1 N–H and O–H groups in total. The van der Waals surface area contributed by atoms with Crippen molar-refractivity contribution < 1.29 is 9.59 Å². The van der Waals surface area contributed by atoms with E-state index in [4.69, 9.17) is 0 Å². The quantitative estimate of drug-likeness (QED) is 0.657. The number of fused-ring (bicyclic) bond motifs is 1. The normalized spacial score (nSPS) is 40.1. The van der Waals surface area contributed by atoms with Crippen LogP contribution < -0.4 is 0 Å². The molecule has 2 heteroatoms. The molecule has 0 aromatic carbocycles. The van der Waals surface area contributed by atoms with E-state index in [1.807, 2.05) is 6.92 Å². The number of nitrogens with zero attached hydrogens (tertiary/aromatic N) is 1. The Morgan fingerprint density at radius 1 is 1.40 bits per heavy atom. The van der Waals surface area contributed by atoms with E-state index in [2.05, 4.69) is 33.0 Å². The number of likely N-dealkylation sites (N-methyl/N-ethyl adjacent to an activating group) is 1. The SMILES string of the molecule is CC1=CC2C(C=C1O)CC[N+]2(C)C(C)C. The molecule has 1 heterocycles. The minimum absolute atomic E-state index is 0.494. The van der Waals surface area contributed by atoms with E-state index in [0.29, 0.717) is 23.8 Å². The molecule has 2 nitrogen and oxygen atoms in total. The summed E-state index contributed by atoms with van der Waals surface area (Å²) in [4.78, 5) is 0. The summed E-state index contributed by atoms with van der Waals surface area (Å²) in [6.45, 7) is 7.82. The Kier molecular flexibility index (Phi) is 2.42. The highest BCUT2D eigenvalue weighted by Crippen LogP contribution is 2.38. The molecule has 0 bridgehead atoms. The summed E-state index contributed by atoms with van der Waals surface area (Å²) in [6, 6.07) is 1.22. The molecule has 0 radical (unpaired) electrons. The van der Waals surface area contributed by atoms with Gasteiger partial charge in [0.05, 0.1) is 19.6 Å². The second-order valence-electron chi connectivity index (χ2n) is 5.51. The molecule has 0 aromatic rings. The van der Waals surface area contributed by atoms with E-state index in [9.17, 15) is 5.11 Å². The number of allylic oxidation sites excluding steroid dienone is 1. The van der Waals surface area contributed by atoms with Crippen LogP contribution in [0.5, 0.6) is 0 Å². The average Bonchev–Trinajstić information content (AvgIpc) is 2.47. The zero-order chi connectivity index (χ0) is 11.2. The minimum atomic E-state index is 0.494. The Balaban J connectivity index is 2.33. The monoisotopic (exact) mass is 208 g/mol. The molecule has 3 atom stereocenters. The Bertz CT molecular complexity index is 329. The van der Waals surface area contributed by atoms with Crippen molar-refractivity contribution in [3.63, 3.8) is 0 Å². The van der Waals surface area contributed by atoms with E-state index in [-0.39, 0.29) is 0 Å². The van der Waals surface area contributed by atoms with Gasteiger partial charge in [0.2, 0.25) is 0 Å². The third-order valence-corrected chi connectivity index (χ3v) is 4.44. The summed E-state index contributed by atoms with van der Waals surface area (Å²) in [5.41, 5.74) is 1.04. The van der Waals surface area contributed by atoms with Crippen molar-refractivity contribution >= 4 is 0 Å². The van der Waals surface area contributed by atoms with Gasteiger partial charge in [0, 0.05) is 12.3 Å². The van der Waals surface area contributed by atoms with Crippen molar-refractivity contribution in [2.45, 2.75) is 39.3 Å². The van der Waals surface area contributed by atoms with Gasteiger partial charge in [0.1, 0.15) is 11.8 Å². The smallest absolute Gasteiger partial charge is 0.115 e. The van der Waals surface area contributed by atoms with Crippen molar-refractivity contribution in [2.75, 3.05) is 13.6 Å². The third-order valence-electron chi connectivity index (χ3n) is 4.44. The van der Waals surface area contributed by atoms with Crippen LogP contribution in [0.3, 0.4) is 0 Å². The predicted octanol–water partition coefficient (Wildman–Crippen LogP) is 2.63. The van der Waals surface area contributed by atoms with Crippen LogP contribution in [0.1, 0.15) is 27.2 Å². The van der Waals surface area contributed by atoms with Crippen molar-refractivity contribution in [1.82, 2.24) is 0 Å². The summed E-state index contributed by atoms with van der Waals surface area (Å²) in [6.07, 6.45) is 5.53. The molecule has 0 amide bonds. The van der Waals surface area contributed by atoms with E-state index in [1.54, 1.807) is 0 Å². The molecule has 1 fully saturated rings. The maximum absolute atomic E-state index is 9.72. The molecule has 1 saturated heterocycles. The van der Waals surface area contributed by atoms with Gasteiger partial charge in [0.15, 0.2) is 0 Å². The third kappa shape index (κ3) is 1.51. The number of quaternary nitrogens is 1. The van der Waals surface area contributed by atoms with Crippen LogP contribution in [0.2, 0.25) is 0 Å². The lowest BCUT2D eigenvalue weighted by molar-refractivity contribution is -0.936. The highest BCUT2D eigenvalue weighted by atomic mass is 16.3. The van der Waals surface area contributed by atoms with Gasteiger partial charge in [-0.2, -0.15) is 0 Å². The molecule has 0 saturated carbocycles. The van der Waals surface area contributed by atoms with E-state index in [0.717, 1.165) is 10.1 Å². The molecule has 84 valence electrons. The molecule has 1 aliphatic heterocycles. The van der Waals surface area contributed by atoms with Crippen molar-refractivity contribution in [2.24, 2.45) is 5.92 Å². The number of likely N-dealkylation sites (tertiary alicyclic amines) is 1. The number of aliphatic hydroxyl groups is 1. The van der Waals surface area contributed by atoms with Gasteiger partial charge >= 0.3 is 0 Å². The van der Waals surface area contributed by atoms with Crippen LogP contribution in [-0.4, -0.2) is 35.3 Å². The first-order valence-electron chi connectivity index (χ1n) is 5.89. The van der Waals surface area contributed by atoms with E-state index >= 15 is 0 Å². The van der Waals surface area contributed by atoms with Gasteiger partial charge < -0.3 is 9.59 Å². The van der Waals surface area contributed by atoms with Gasteiger partial charge in [-0.3, -0.25) is 0 Å². The van der Waals surface area contributed by atoms with Crippen LogP contribution in [0, 0.1) is 5.92 Å². The fourth-order valence-electron chi connectivity index (χ4n) is 2.94. The topological polar surface area (TPSA) is 20.2 Å². The number of rotatable bonds is 1. The molecule has 1 aliphatic carbocycles. The fraction of sp³-hybridized carbons (Fsp3) is 0.692. The number of hydrogen-bond acceptors (Lipinski definition) is 1. The largest absolute Gasteiger partial charge is 0.508 e. The first-order chi connectivity index (χ1) is 6.95. The lowest BCUT2D eigenvalue weighted by atomic mass is 9.90. The highest BCUT2D eigenvalue weighted by molar-refractivity contribution is 5.30. The fourth-order valence-corrected chi connectivity index (χ4v) is 2.94. The lowest BCUT2D eigenvalue weighted by Gasteiger charge is -2.41. The Morgan fingerprint density at radius 3 is 2.67 bits per heavy atom. The van der Waals surface area contributed by atoms with Gasteiger partial charge in [-0.15, -0.1) is 0 Å². The number of hydrogen-bond donors (Lipinski definition) is 1. The van der Waals surface area contributed by atoms with Gasteiger partial charge in [-0.05, 0) is 38.5 Å². The maximum Gasteiger partial charge on any atom is 0.115 e. The first kappa shape index (κ1) is 10.7. The van der Waals surface area contributed by atoms with Crippen LogP contribution >= 0.6 is 0 Å². The van der Waals surface area contributed by atoms with Crippen molar-refractivity contribution in [3.05, 3.63) is 23.5 Å². The summed E-state index contributed by atoms with van der Waals surface area (Å²) < 4.78 is 1.12. The molecular formula is C13H22NO+. The Morgan fingerprint density at radius 2 is 2.07 bits per heavy atom.